The lowest BCUT2D eigenvalue weighted by molar-refractivity contribution is 0.217. The molecule has 0 aromatic rings. The molecule has 0 aliphatic carbocycles. The fourth-order valence-corrected chi connectivity index (χ4v) is 1.68. The zero-order valence-electron chi connectivity index (χ0n) is 8.74. The minimum atomic E-state index is -3.23. The Labute approximate surface area is 91.8 Å². The van der Waals surface area contributed by atoms with Crippen molar-refractivity contribution in [1.82, 2.24) is 4.72 Å². The predicted octanol–water partition coefficient (Wildman–Crippen LogP) is -0.289. The van der Waals surface area contributed by atoms with Crippen molar-refractivity contribution < 1.29 is 13.2 Å². The molecule has 5 nitrogen and oxygen atoms in total. The summed E-state index contributed by atoms with van der Waals surface area (Å²) in [6.07, 6.45) is 0. The molecule has 0 heterocycles. The van der Waals surface area contributed by atoms with Crippen molar-refractivity contribution in [3.05, 3.63) is 0 Å². The molecule has 0 amide bonds. The normalized spacial score (nSPS) is 12.3. The lowest BCUT2D eigenvalue weighted by Crippen LogP contribution is -2.45. The molecular formula is C7H19ClN2O3S. The van der Waals surface area contributed by atoms with Crippen LogP contribution in [0.1, 0.15) is 13.8 Å². The van der Waals surface area contributed by atoms with E-state index >= 15 is 0 Å². The van der Waals surface area contributed by atoms with Gasteiger partial charge in [0.2, 0.25) is 10.0 Å². The van der Waals surface area contributed by atoms with E-state index in [1.165, 1.54) is 7.11 Å². The van der Waals surface area contributed by atoms with Gasteiger partial charge in [0.1, 0.15) is 0 Å². The third-order valence-corrected chi connectivity index (χ3v) is 2.59. The zero-order chi connectivity index (χ0) is 10.5. The second kappa shape index (κ2) is 6.58. The third-order valence-electron chi connectivity index (χ3n) is 1.30. The Hall–Kier alpha value is 0.120. The highest BCUT2D eigenvalue weighted by atomic mass is 35.5. The highest BCUT2D eigenvalue weighted by Crippen LogP contribution is 1.95. The van der Waals surface area contributed by atoms with Gasteiger partial charge in [-0.1, -0.05) is 0 Å². The van der Waals surface area contributed by atoms with E-state index < -0.39 is 15.6 Å². The van der Waals surface area contributed by atoms with Crippen LogP contribution in [-0.2, 0) is 14.8 Å². The number of hydrogen-bond donors (Lipinski definition) is 2. The van der Waals surface area contributed by atoms with E-state index in [0.29, 0.717) is 0 Å². The monoisotopic (exact) mass is 246 g/mol. The second-order valence-corrected chi connectivity index (χ2v) is 5.55. The molecule has 3 N–H and O–H groups in total. The van der Waals surface area contributed by atoms with Gasteiger partial charge in [0, 0.05) is 19.2 Å². The third kappa shape index (κ3) is 10.2. The summed E-state index contributed by atoms with van der Waals surface area (Å²) in [7, 11) is -1.77. The molecule has 0 aliphatic heterocycles. The number of methoxy groups -OCH3 is 1. The summed E-state index contributed by atoms with van der Waals surface area (Å²) in [5.74, 6) is -0.0282. The van der Waals surface area contributed by atoms with Crippen LogP contribution in [0, 0.1) is 0 Å². The molecule has 0 radical (unpaired) electrons. The lowest BCUT2D eigenvalue weighted by atomic mass is 10.1. The summed E-state index contributed by atoms with van der Waals surface area (Å²) in [5, 5.41) is 0. The summed E-state index contributed by atoms with van der Waals surface area (Å²) in [4.78, 5) is 0. The second-order valence-electron chi connectivity index (χ2n) is 3.62. The Morgan fingerprint density at radius 1 is 1.43 bits per heavy atom. The number of rotatable bonds is 6. The summed E-state index contributed by atoms with van der Waals surface area (Å²) >= 11 is 0. The minimum absolute atomic E-state index is 0. The molecular weight excluding hydrogens is 228 g/mol. The quantitative estimate of drug-likeness (QED) is 0.675. The fourth-order valence-electron chi connectivity index (χ4n) is 0.561. The van der Waals surface area contributed by atoms with Crippen molar-refractivity contribution in [1.29, 1.82) is 0 Å². The maximum atomic E-state index is 11.2. The van der Waals surface area contributed by atoms with Crippen LogP contribution in [0.3, 0.4) is 0 Å². The molecule has 0 fully saturated rings. The first kappa shape index (κ1) is 16.5. The van der Waals surface area contributed by atoms with Crippen molar-refractivity contribution in [2.75, 3.05) is 26.0 Å². The van der Waals surface area contributed by atoms with E-state index in [-0.39, 0.29) is 31.3 Å². The van der Waals surface area contributed by atoms with Crippen molar-refractivity contribution in [2.45, 2.75) is 19.4 Å². The van der Waals surface area contributed by atoms with E-state index in [1.807, 2.05) is 0 Å². The highest BCUT2D eigenvalue weighted by molar-refractivity contribution is 7.89. The van der Waals surface area contributed by atoms with E-state index in [1.54, 1.807) is 13.8 Å². The van der Waals surface area contributed by atoms with Gasteiger partial charge in [-0.25, -0.2) is 13.1 Å². The Balaban J connectivity index is 0. The molecule has 0 unspecified atom stereocenters. The van der Waals surface area contributed by atoms with Crippen LogP contribution in [0.5, 0.6) is 0 Å². The average molecular weight is 247 g/mol. The van der Waals surface area contributed by atoms with Crippen LogP contribution in [0.2, 0.25) is 0 Å². The first-order valence-electron chi connectivity index (χ1n) is 4.02. The predicted molar refractivity (Wildman–Crippen MR) is 59.2 cm³/mol. The van der Waals surface area contributed by atoms with Crippen LogP contribution in [0.15, 0.2) is 0 Å². The van der Waals surface area contributed by atoms with Gasteiger partial charge < -0.3 is 10.5 Å². The standard InChI is InChI=1S/C7H18N2O3S.ClH/c1-7(2,8)6-9-13(10,11)5-4-12-3;/h9H,4-6,8H2,1-3H3;1H. The number of halogens is 1. The smallest absolute Gasteiger partial charge is 0.213 e. The van der Waals surface area contributed by atoms with Gasteiger partial charge in [0.25, 0.3) is 0 Å². The molecule has 0 atom stereocenters. The summed E-state index contributed by atoms with van der Waals surface area (Å²) < 4.78 is 29.4. The number of sulfonamides is 1. The Kier molecular flexibility index (Phi) is 7.77. The van der Waals surface area contributed by atoms with Gasteiger partial charge in [0.15, 0.2) is 0 Å². The zero-order valence-corrected chi connectivity index (χ0v) is 10.4. The molecule has 0 aromatic heterocycles. The Morgan fingerprint density at radius 3 is 2.29 bits per heavy atom. The average Bonchev–Trinajstić information content (AvgIpc) is 1.97. The van der Waals surface area contributed by atoms with Gasteiger partial charge >= 0.3 is 0 Å². The number of ether oxygens (including phenoxy) is 1. The highest BCUT2D eigenvalue weighted by Gasteiger charge is 2.15. The largest absolute Gasteiger partial charge is 0.384 e. The first-order chi connectivity index (χ1) is 5.77. The van der Waals surface area contributed by atoms with Crippen molar-refractivity contribution in [2.24, 2.45) is 5.73 Å². The van der Waals surface area contributed by atoms with Gasteiger partial charge in [-0.05, 0) is 13.8 Å². The SMILES string of the molecule is COCCS(=O)(=O)NCC(C)(C)N.Cl. The first-order valence-corrected chi connectivity index (χ1v) is 5.67. The number of hydrogen-bond acceptors (Lipinski definition) is 4. The number of nitrogens with one attached hydrogen (secondary N) is 1. The maximum Gasteiger partial charge on any atom is 0.213 e. The molecule has 0 aliphatic rings. The fraction of sp³-hybridized carbons (Fsp3) is 1.00. The van der Waals surface area contributed by atoms with Crippen molar-refractivity contribution in [3.63, 3.8) is 0 Å². The van der Waals surface area contributed by atoms with Crippen LogP contribution in [-0.4, -0.2) is 40.0 Å². The van der Waals surface area contributed by atoms with Gasteiger partial charge in [0.05, 0.1) is 12.4 Å². The molecule has 7 heteroatoms. The molecule has 0 rings (SSSR count). The molecule has 88 valence electrons. The lowest BCUT2D eigenvalue weighted by Gasteiger charge is -2.18. The van der Waals surface area contributed by atoms with Gasteiger partial charge in [-0.2, -0.15) is 0 Å². The maximum absolute atomic E-state index is 11.2. The van der Waals surface area contributed by atoms with Crippen LogP contribution < -0.4 is 10.5 Å². The molecule has 0 aromatic carbocycles. The molecule has 0 saturated carbocycles. The van der Waals surface area contributed by atoms with E-state index in [0.717, 1.165) is 0 Å². The van der Waals surface area contributed by atoms with Crippen LogP contribution >= 0.6 is 12.4 Å². The number of nitrogens with two attached hydrogens (primary N) is 1. The Bertz CT molecular complexity index is 236. The van der Waals surface area contributed by atoms with Crippen LogP contribution in [0.4, 0.5) is 0 Å². The topological polar surface area (TPSA) is 81.4 Å². The molecule has 0 saturated heterocycles. The van der Waals surface area contributed by atoms with Gasteiger partial charge in [-0.15, -0.1) is 12.4 Å². The van der Waals surface area contributed by atoms with E-state index in [4.69, 9.17) is 5.73 Å². The van der Waals surface area contributed by atoms with E-state index in [9.17, 15) is 8.42 Å². The summed E-state index contributed by atoms with van der Waals surface area (Å²) in [6.45, 7) is 3.94. The van der Waals surface area contributed by atoms with E-state index in [2.05, 4.69) is 9.46 Å². The molecule has 0 spiro atoms. The minimum Gasteiger partial charge on any atom is -0.384 e. The van der Waals surface area contributed by atoms with Crippen molar-refractivity contribution >= 4 is 22.4 Å². The Morgan fingerprint density at radius 2 is 1.93 bits per heavy atom. The molecule has 0 bridgehead atoms. The van der Waals surface area contributed by atoms with Gasteiger partial charge in [-0.3, -0.25) is 0 Å². The van der Waals surface area contributed by atoms with Crippen molar-refractivity contribution in [3.8, 4) is 0 Å². The van der Waals surface area contributed by atoms with Crippen LogP contribution in [0.25, 0.3) is 0 Å². The summed E-state index contributed by atoms with van der Waals surface area (Å²) in [6, 6.07) is 0. The molecule has 14 heavy (non-hydrogen) atoms. The summed E-state index contributed by atoms with van der Waals surface area (Å²) in [5.41, 5.74) is 5.09.